The fourth-order valence-electron chi connectivity index (χ4n) is 2.23. The molecule has 0 aliphatic carbocycles. The molecular formula is C20H20N2O8S. The van der Waals surface area contributed by atoms with E-state index in [0.717, 1.165) is 0 Å². The molecule has 11 heteroatoms. The number of carbonyl (C=O) groups excluding carboxylic acids is 4. The van der Waals surface area contributed by atoms with E-state index in [4.69, 9.17) is 9.47 Å². The highest BCUT2D eigenvalue weighted by Gasteiger charge is 2.16. The van der Waals surface area contributed by atoms with Crippen LogP contribution in [0.15, 0.2) is 59.5 Å². The second-order valence-corrected chi connectivity index (χ2v) is 7.88. The minimum Gasteiger partial charge on any atom is -0.456 e. The Morgan fingerprint density at radius 3 is 2.16 bits per heavy atom. The molecule has 2 aromatic rings. The maximum atomic E-state index is 12.0. The molecule has 2 aromatic carbocycles. The zero-order valence-electron chi connectivity index (χ0n) is 16.5. The summed E-state index contributed by atoms with van der Waals surface area (Å²) in [5.74, 6) is -2.34. The lowest BCUT2D eigenvalue weighted by molar-refractivity contribution is -0.142. The highest BCUT2D eigenvalue weighted by atomic mass is 32.2. The maximum absolute atomic E-state index is 12.0. The first-order valence-electron chi connectivity index (χ1n) is 8.96. The lowest BCUT2D eigenvalue weighted by Gasteiger charge is -2.08. The predicted octanol–water partition coefficient (Wildman–Crippen LogP) is 0.433. The van der Waals surface area contributed by atoms with Gasteiger partial charge in [0, 0.05) is 12.5 Å². The van der Waals surface area contributed by atoms with Gasteiger partial charge >= 0.3 is 11.9 Å². The number of esters is 2. The molecule has 164 valence electrons. The Balaban J connectivity index is 1.72. The van der Waals surface area contributed by atoms with Crippen molar-refractivity contribution in [3.05, 3.63) is 60.2 Å². The van der Waals surface area contributed by atoms with Crippen LogP contribution in [-0.4, -0.2) is 51.7 Å². The van der Waals surface area contributed by atoms with Gasteiger partial charge in [0.25, 0.3) is 0 Å². The fourth-order valence-corrected chi connectivity index (χ4v) is 3.24. The molecule has 0 saturated carbocycles. The van der Waals surface area contributed by atoms with Crippen LogP contribution in [0.5, 0.6) is 5.75 Å². The van der Waals surface area contributed by atoms with Crippen molar-refractivity contribution in [2.75, 3.05) is 19.7 Å². The van der Waals surface area contributed by atoms with E-state index in [9.17, 15) is 27.6 Å². The van der Waals surface area contributed by atoms with Crippen LogP contribution in [0.3, 0.4) is 0 Å². The Morgan fingerprint density at radius 2 is 1.55 bits per heavy atom. The van der Waals surface area contributed by atoms with Crippen molar-refractivity contribution in [1.82, 2.24) is 10.0 Å². The zero-order chi connectivity index (χ0) is 22.9. The number of benzene rings is 2. The van der Waals surface area contributed by atoms with Crippen molar-refractivity contribution in [3.8, 4) is 5.75 Å². The van der Waals surface area contributed by atoms with Gasteiger partial charge in [0.1, 0.15) is 12.3 Å². The zero-order valence-corrected chi connectivity index (χ0v) is 17.3. The summed E-state index contributed by atoms with van der Waals surface area (Å²) in [6, 6.07) is 13.2. The monoisotopic (exact) mass is 448 g/mol. The average molecular weight is 448 g/mol. The van der Waals surface area contributed by atoms with Gasteiger partial charge in [-0.2, -0.15) is 0 Å². The van der Waals surface area contributed by atoms with Gasteiger partial charge in [0.05, 0.1) is 11.4 Å². The molecule has 2 rings (SSSR count). The SMILES string of the molecule is CC(=O)Oc1ccc(C(=O)COC(=O)CNC(=O)CNS(=O)(=O)c2ccccc2)cc1. The topological polar surface area (TPSA) is 145 Å². The average Bonchev–Trinajstić information content (AvgIpc) is 2.75. The van der Waals surface area contributed by atoms with Gasteiger partial charge in [0.15, 0.2) is 12.4 Å². The highest BCUT2D eigenvalue weighted by molar-refractivity contribution is 7.89. The smallest absolute Gasteiger partial charge is 0.325 e. The minimum atomic E-state index is -3.86. The molecule has 0 fully saturated rings. The van der Waals surface area contributed by atoms with Crippen LogP contribution in [0, 0.1) is 0 Å². The van der Waals surface area contributed by atoms with Crippen LogP contribution in [0.2, 0.25) is 0 Å². The van der Waals surface area contributed by atoms with E-state index < -0.39 is 53.3 Å². The maximum Gasteiger partial charge on any atom is 0.325 e. The molecular weight excluding hydrogens is 428 g/mol. The summed E-state index contributed by atoms with van der Waals surface area (Å²) < 4.78 is 35.8. The number of hydrogen-bond donors (Lipinski definition) is 2. The largest absolute Gasteiger partial charge is 0.456 e. The third-order valence-corrected chi connectivity index (χ3v) is 5.13. The van der Waals surface area contributed by atoms with E-state index in [1.54, 1.807) is 18.2 Å². The van der Waals surface area contributed by atoms with Gasteiger partial charge in [-0.25, -0.2) is 13.1 Å². The standard InChI is InChI=1S/C20H20N2O8S/c1-14(23)30-16-9-7-15(8-10-16)18(24)13-29-20(26)12-21-19(25)11-22-31(27,28)17-5-3-2-4-6-17/h2-10,22H,11-13H2,1H3,(H,21,25). The molecule has 2 N–H and O–H groups in total. The molecule has 31 heavy (non-hydrogen) atoms. The van der Waals surface area contributed by atoms with Crippen LogP contribution >= 0.6 is 0 Å². The molecule has 0 aliphatic heterocycles. The van der Waals surface area contributed by atoms with E-state index >= 15 is 0 Å². The Hall–Kier alpha value is -3.57. The van der Waals surface area contributed by atoms with Crippen LogP contribution in [0.1, 0.15) is 17.3 Å². The van der Waals surface area contributed by atoms with Gasteiger partial charge in [-0.3, -0.25) is 19.2 Å². The third kappa shape index (κ3) is 7.99. The Labute approximate surface area is 178 Å². The number of amides is 1. The van der Waals surface area contributed by atoms with Crippen molar-refractivity contribution in [2.24, 2.45) is 0 Å². The summed E-state index contributed by atoms with van der Waals surface area (Å²) in [7, 11) is -3.86. The molecule has 0 aliphatic rings. The minimum absolute atomic E-state index is 0.00149. The number of rotatable bonds is 10. The number of carbonyl (C=O) groups is 4. The highest BCUT2D eigenvalue weighted by Crippen LogP contribution is 2.13. The normalized spacial score (nSPS) is 10.7. The summed E-state index contributed by atoms with van der Waals surface area (Å²) >= 11 is 0. The molecule has 0 spiro atoms. The predicted molar refractivity (Wildman–Crippen MR) is 108 cm³/mol. The summed E-state index contributed by atoms with van der Waals surface area (Å²) in [5.41, 5.74) is 0.239. The van der Waals surface area contributed by atoms with Crippen molar-refractivity contribution in [2.45, 2.75) is 11.8 Å². The number of sulfonamides is 1. The molecule has 0 unspecified atom stereocenters. The number of ketones is 1. The second-order valence-electron chi connectivity index (χ2n) is 6.12. The van der Waals surface area contributed by atoms with Crippen LogP contribution in [0.4, 0.5) is 0 Å². The number of Topliss-reactive ketones (excluding diaryl/α,β-unsaturated/α-hetero) is 1. The van der Waals surface area contributed by atoms with E-state index in [-0.39, 0.29) is 16.2 Å². The van der Waals surface area contributed by atoms with Crippen LogP contribution in [0.25, 0.3) is 0 Å². The molecule has 0 atom stereocenters. The molecule has 0 radical (unpaired) electrons. The molecule has 0 heterocycles. The quantitative estimate of drug-likeness (QED) is 0.302. The molecule has 0 saturated heterocycles. The number of hydrogen-bond acceptors (Lipinski definition) is 8. The summed E-state index contributed by atoms with van der Waals surface area (Å²) in [5, 5.41) is 2.20. The Morgan fingerprint density at radius 1 is 0.903 bits per heavy atom. The van der Waals surface area contributed by atoms with E-state index in [2.05, 4.69) is 10.0 Å². The van der Waals surface area contributed by atoms with Crippen molar-refractivity contribution in [1.29, 1.82) is 0 Å². The van der Waals surface area contributed by atoms with E-state index in [1.165, 1.54) is 43.3 Å². The summed E-state index contributed by atoms with van der Waals surface area (Å²) in [6.07, 6.45) is 0. The third-order valence-electron chi connectivity index (χ3n) is 3.71. The van der Waals surface area contributed by atoms with Gasteiger partial charge in [0.2, 0.25) is 15.9 Å². The molecule has 0 bridgehead atoms. The fraction of sp³-hybridized carbons (Fsp3) is 0.200. The molecule has 0 aromatic heterocycles. The molecule has 1 amide bonds. The van der Waals surface area contributed by atoms with E-state index in [0.29, 0.717) is 0 Å². The Kier molecular flexibility index (Phi) is 8.41. The van der Waals surface area contributed by atoms with Crippen molar-refractivity contribution < 1.29 is 37.1 Å². The van der Waals surface area contributed by atoms with Gasteiger partial charge < -0.3 is 14.8 Å². The van der Waals surface area contributed by atoms with Gasteiger partial charge in [-0.05, 0) is 36.4 Å². The number of nitrogens with one attached hydrogen (secondary N) is 2. The first-order chi connectivity index (χ1) is 14.7. The Bertz CT molecular complexity index is 1050. The van der Waals surface area contributed by atoms with Crippen molar-refractivity contribution >= 4 is 33.7 Å². The lowest BCUT2D eigenvalue weighted by Crippen LogP contribution is -2.39. The van der Waals surface area contributed by atoms with Crippen LogP contribution in [-0.2, 0) is 29.1 Å². The summed E-state index contributed by atoms with van der Waals surface area (Å²) in [6.45, 7) is -0.416. The van der Waals surface area contributed by atoms with E-state index in [1.807, 2.05) is 0 Å². The van der Waals surface area contributed by atoms with Gasteiger partial charge in [-0.1, -0.05) is 18.2 Å². The first-order valence-corrected chi connectivity index (χ1v) is 10.4. The number of ether oxygens (including phenoxy) is 2. The van der Waals surface area contributed by atoms with Crippen LogP contribution < -0.4 is 14.8 Å². The molecule has 10 nitrogen and oxygen atoms in total. The second kappa shape index (κ2) is 11.0. The van der Waals surface area contributed by atoms with Gasteiger partial charge in [-0.15, -0.1) is 0 Å². The summed E-state index contributed by atoms with van der Waals surface area (Å²) in [4.78, 5) is 46.3. The lowest BCUT2D eigenvalue weighted by atomic mass is 10.1. The first kappa shape index (κ1) is 23.7. The van der Waals surface area contributed by atoms with Crippen molar-refractivity contribution in [3.63, 3.8) is 0 Å².